The van der Waals surface area contributed by atoms with Gasteiger partial charge in [0.25, 0.3) is 0 Å². The first-order chi connectivity index (χ1) is 7.92. The summed E-state index contributed by atoms with van der Waals surface area (Å²) in [5.74, 6) is 0.723. The number of ether oxygens (including phenoxy) is 1. The fraction of sp³-hybridized carbons (Fsp3) is 0.917. The molecule has 5 heteroatoms. The normalized spacial score (nSPS) is 18.2. The Morgan fingerprint density at radius 1 is 1.35 bits per heavy atom. The molecule has 1 rings (SSSR count). The van der Waals surface area contributed by atoms with Gasteiger partial charge in [-0.1, -0.05) is 35.6 Å². The molecule has 0 atom stereocenters. The maximum absolute atomic E-state index is 11.8. The summed E-state index contributed by atoms with van der Waals surface area (Å²) in [4.78, 5) is 13.6. The van der Waals surface area contributed by atoms with Crippen LogP contribution >= 0.6 is 15.9 Å². The van der Waals surface area contributed by atoms with Gasteiger partial charge in [-0.15, -0.1) is 0 Å². The van der Waals surface area contributed by atoms with E-state index in [2.05, 4.69) is 35.6 Å². The molecule has 0 bridgehead atoms. The Hall–Kier alpha value is -0.0331. The second kappa shape index (κ2) is 6.78. The van der Waals surface area contributed by atoms with Crippen LogP contribution in [0.1, 0.15) is 12.8 Å². The number of carbonyl (C=O) groups excluding carboxylic acids is 1. The molecule has 0 aromatic rings. The van der Waals surface area contributed by atoms with E-state index >= 15 is 0 Å². The Balaban J connectivity index is 2.21. The van der Waals surface area contributed by atoms with Crippen molar-refractivity contribution >= 4 is 30.1 Å². The molecule has 100 valence electrons. The monoisotopic (exact) mass is 321 g/mol. The van der Waals surface area contributed by atoms with E-state index < -0.39 is 8.07 Å². The predicted molar refractivity (Wildman–Crippen MR) is 77.6 cm³/mol. The summed E-state index contributed by atoms with van der Waals surface area (Å²) in [5.41, 5.74) is 0. The SMILES string of the molecule is C[Si](C)(C)CCOC(=O)N1CCC(CBr)CC1. The molecule has 1 aliphatic rings. The van der Waals surface area contributed by atoms with Crippen molar-refractivity contribution < 1.29 is 9.53 Å². The number of rotatable bonds is 4. The number of alkyl halides is 1. The van der Waals surface area contributed by atoms with Gasteiger partial charge in [0.2, 0.25) is 0 Å². The number of hydrogen-bond donors (Lipinski definition) is 0. The van der Waals surface area contributed by atoms with Crippen LogP contribution in [0.25, 0.3) is 0 Å². The molecule has 0 radical (unpaired) electrons. The van der Waals surface area contributed by atoms with E-state index in [0.717, 1.165) is 43.2 Å². The van der Waals surface area contributed by atoms with Crippen LogP contribution in [0.3, 0.4) is 0 Å². The van der Waals surface area contributed by atoms with Crippen molar-refractivity contribution in [1.82, 2.24) is 4.90 Å². The number of carbonyl (C=O) groups is 1. The molecule has 1 amide bonds. The third kappa shape index (κ3) is 5.90. The van der Waals surface area contributed by atoms with Gasteiger partial charge < -0.3 is 9.64 Å². The highest BCUT2D eigenvalue weighted by molar-refractivity contribution is 9.09. The van der Waals surface area contributed by atoms with Crippen molar-refractivity contribution in [3.63, 3.8) is 0 Å². The Kier molecular flexibility index (Phi) is 5.99. The highest BCUT2D eigenvalue weighted by Gasteiger charge is 2.23. The summed E-state index contributed by atoms with van der Waals surface area (Å²) in [7, 11) is -1.09. The van der Waals surface area contributed by atoms with E-state index in [0.29, 0.717) is 6.61 Å². The summed E-state index contributed by atoms with van der Waals surface area (Å²) in [6.07, 6.45) is 2.07. The first-order valence-corrected chi connectivity index (χ1v) is 11.2. The topological polar surface area (TPSA) is 29.5 Å². The molecule has 0 unspecified atom stereocenters. The molecule has 0 aliphatic carbocycles. The lowest BCUT2D eigenvalue weighted by molar-refractivity contribution is 0.0936. The average molecular weight is 322 g/mol. The second-order valence-corrected chi connectivity index (χ2v) is 12.3. The first kappa shape index (κ1) is 15.0. The second-order valence-electron chi connectivity index (χ2n) is 6.01. The fourth-order valence-corrected chi connectivity index (χ4v) is 3.17. The van der Waals surface area contributed by atoms with E-state index in [-0.39, 0.29) is 6.09 Å². The Morgan fingerprint density at radius 2 is 1.94 bits per heavy atom. The van der Waals surface area contributed by atoms with E-state index in [9.17, 15) is 4.79 Å². The molecular weight excluding hydrogens is 298 g/mol. The zero-order valence-corrected chi connectivity index (χ0v) is 13.8. The van der Waals surface area contributed by atoms with Crippen molar-refractivity contribution in [2.45, 2.75) is 38.5 Å². The minimum atomic E-state index is -1.09. The van der Waals surface area contributed by atoms with Crippen LogP contribution in [0.4, 0.5) is 4.79 Å². The molecule has 1 heterocycles. The number of piperidine rings is 1. The van der Waals surface area contributed by atoms with E-state index in [1.165, 1.54) is 0 Å². The van der Waals surface area contributed by atoms with Crippen LogP contribution in [0.5, 0.6) is 0 Å². The van der Waals surface area contributed by atoms with Gasteiger partial charge in [-0.3, -0.25) is 0 Å². The van der Waals surface area contributed by atoms with Gasteiger partial charge in [-0.05, 0) is 24.8 Å². The van der Waals surface area contributed by atoms with E-state index in [1.807, 2.05) is 4.90 Å². The lowest BCUT2D eigenvalue weighted by atomic mass is 10.00. The van der Waals surface area contributed by atoms with E-state index in [1.54, 1.807) is 0 Å². The number of nitrogens with zero attached hydrogens (tertiary/aromatic N) is 1. The zero-order valence-electron chi connectivity index (χ0n) is 11.2. The number of hydrogen-bond acceptors (Lipinski definition) is 2. The Morgan fingerprint density at radius 3 is 2.41 bits per heavy atom. The maximum atomic E-state index is 11.8. The molecule has 17 heavy (non-hydrogen) atoms. The molecule has 1 fully saturated rings. The van der Waals surface area contributed by atoms with Crippen LogP contribution in [0, 0.1) is 5.92 Å². The largest absolute Gasteiger partial charge is 0.450 e. The third-order valence-electron chi connectivity index (χ3n) is 3.17. The first-order valence-electron chi connectivity index (χ1n) is 6.40. The Labute approximate surface area is 114 Å². The summed E-state index contributed by atoms with van der Waals surface area (Å²) < 4.78 is 5.34. The number of halogens is 1. The summed E-state index contributed by atoms with van der Waals surface area (Å²) >= 11 is 3.50. The minimum Gasteiger partial charge on any atom is -0.450 e. The zero-order chi connectivity index (χ0) is 12.9. The molecule has 0 saturated carbocycles. The lowest BCUT2D eigenvalue weighted by Crippen LogP contribution is -2.39. The average Bonchev–Trinajstić information content (AvgIpc) is 2.27. The molecule has 1 aliphatic heterocycles. The van der Waals surface area contributed by atoms with Gasteiger partial charge in [-0.25, -0.2) is 4.79 Å². The number of likely N-dealkylation sites (tertiary alicyclic amines) is 1. The van der Waals surface area contributed by atoms with Crippen molar-refractivity contribution in [2.75, 3.05) is 25.0 Å². The summed E-state index contributed by atoms with van der Waals surface area (Å²) in [5, 5.41) is 1.05. The van der Waals surface area contributed by atoms with Crippen molar-refractivity contribution in [3.05, 3.63) is 0 Å². The van der Waals surface area contributed by atoms with Gasteiger partial charge in [0, 0.05) is 26.5 Å². The Bertz CT molecular complexity index is 247. The smallest absolute Gasteiger partial charge is 0.409 e. The van der Waals surface area contributed by atoms with Crippen LogP contribution in [0.2, 0.25) is 25.7 Å². The fourth-order valence-electron chi connectivity index (χ4n) is 1.81. The summed E-state index contributed by atoms with van der Waals surface area (Å²) in [6, 6.07) is 1.05. The molecule has 3 nitrogen and oxygen atoms in total. The highest BCUT2D eigenvalue weighted by Crippen LogP contribution is 2.19. The molecular formula is C12H24BrNO2Si. The third-order valence-corrected chi connectivity index (χ3v) is 5.79. The van der Waals surface area contributed by atoms with Crippen molar-refractivity contribution in [1.29, 1.82) is 0 Å². The van der Waals surface area contributed by atoms with Gasteiger partial charge in [0.1, 0.15) is 0 Å². The summed E-state index contributed by atoms with van der Waals surface area (Å²) in [6.45, 7) is 9.17. The van der Waals surface area contributed by atoms with Crippen LogP contribution in [-0.4, -0.2) is 44.1 Å². The quantitative estimate of drug-likeness (QED) is 0.585. The molecule has 1 saturated heterocycles. The van der Waals surface area contributed by atoms with Crippen molar-refractivity contribution in [2.24, 2.45) is 5.92 Å². The van der Waals surface area contributed by atoms with Gasteiger partial charge in [0.15, 0.2) is 0 Å². The minimum absolute atomic E-state index is 0.115. The molecule has 0 aromatic heterocycles. The van der Waals surface area contributed by atoms with Crippen LogP contribution < -0.4 is 0 Å². The van der Waals surface area contributed by atoms with E-state index in [4.69, 9.17) is 4.74 Å². The predicted octanol–water partition coefficient (Wildman–Crippen LogP) is 3.57. The standard InChI is InChI=1S/C12H24BrNO2Si/c1-17(2,3)9-8-16-12(15)14-6-4-11(10-13)5-7-14/h11H,4-10H2,1-3H3. The van der Waals surface area contributed by atoms with Crippen LogP contribution in [0.15, 0.2) is 0 Å². The molecule has 0 aromatic carbocycles. The molecule has 0 spiro atoms. The van der Waals surface area contributed by atoms with Crippen LogP contribution in [-0.2, 0) is 4.74 Å². The van der Waals surface area contributed by atoms with Gasteiger partial charge in [0.05, 0.1) is 6.61 Å². The number of amides is 1. The highest BCUT2D eigenvalue weighted by atomic mass is 79.9. The van der Waals surface area contributed by atoms with Gasteiger partial charge >= 0.3 is 6.09 Å². The van der Waals surface area contributed by atoms with Crippen molar-refractivity contribution in [3.8, 4) is 0 Å². The molecule has 0 N–H and O–H groups in total. The maximum Gasteiger partial charge on any atom is 0.409 e. The lowest BCUT2D eigenvalue weighted by Gasteiger charge is -2.30. The van der Waals surface area contributed by atoms with Gasteiger partial charge in [-0.2, -0.15) is 0 Å².